The van der Waals surface area contributed by atoms with Gasteiger partial charge in [-0.25, -0.2) is 9.37 Å². The first kappa shape index (κ1) is 13.4. The number of hydrogen-bond donors (Lipinski definition) is 1. The van der Waals surface area contributed by atoms with E-state index in [4.69, 9.17) is 23.2 Å². The number of nitro groups is 1. The molecular weight excluding hydrogens is 298 g/mol. The zero-order chi connectivity index (χ0) is 14.0. The Bertz CT molecular complexity index is 653. The number of nitrogens with one attached hydrogen (secondary N) is 1. The maximum Gasteiger partial charge on any atom is 0.329 e. The van der Waals surface area contributed by atoms with E-state index >= 15 is 0 Å². The Hall–Kier alpha value is -1.99. The quantitative estimate of drug-likeness (QED) is 0.532. The van der Waals surface area contributed by atoms with Crippen LogP contribution in [0.15, 0.2) is 24.4 Å². The summed E-state index contributed by atoms with van der Waals surface area (Å²) in [5, 5.41) is 13.4. The highest BCUT2D eigenvalue weighted by molar-refractivity contribution is 6.33. The molecular formula is C10H5Cl2FN4O2. The highest BCUT2D eigenvalue weighted by Gasteiger charge is 2.18. The Kier molecular flexibility index (Phi) is 3.77. The van der Waals surface area contributed by atoms with E-state index in [0.29, 0.717) is 0 Å². The maximum absolute atomic E-state index is 13.1. The number of halogens is 3. The molecule has 6 nitrogen and oxygen atoms in total. The molecule has 0 amide bonds. The van der Waals surface area contributed by atoms with E-state index in [1.54, 1.807) is 0 Å². The van der Waals surface area contributed by atoms with Gasteiger partial charge in [-0.2, -0.15) is 4.98 Å². The molecule has 98 valence electrons. The lowest BCUT2D eigenvalue weighted by Crippen LogP contribution is -2.01. The fourth-order valence-electron chi connectivity index (χ4n) is 1.30. The van der Waals surface area contributed by atoms with E-state index in [-0.39, 0.29) is 21.8 Å². The summed E-state index contributed by atoms with van der Waals surface area (Å²) >= 11 is 11.4. The van der Waals surface area contributed by atoms with Gasteiger partial charge in [0.15, 0.2) is 0 Å². The van der Waals surface area contributed by atoms with Crippen LogP contribution >= 0.6 is 23.2 Å². The number of hydrogen-bond acceptors (Lipinski definition) is 5. The summed E-state index contributed by atoms with van der Waals surface area (Å²) in [7, 11) is 0. The third kappa shape index (κ3) is 3.07. The molecule has 0 aliphatic rings. The van der Waals surface area contributed by atoms with Crippen molar-refractivity contribution in [3.05, 3.63) is 50.6 Å². The molecule has 2 rings (SSSR count). The second-order valence-electron chi connectivity index (χ2n) is 3.38. The van der Waals surface area contributed by atoms with Gasteiger partial charge in [-0.1, -0.05) is 11.6 Å². The van der Waals surface area contributed by atoms with Crippen LogP contribution in [0.2, 0.25) is 10.3 Å². The first-order valence-electron chi connectivity index (χ1n) is 4.86. The summed E-state index contributed by atoms with van der Waals surface area (Å²) in [5.74, 6) is -0.716. The van der Waals surface area contributed by atoms with Crippen molar-refractivity contribution in [1.29, 1.82) is 0 Å². The first-order valence-corrected chi connectivity index (χ1v) is 5.62. The van der Waals surface area contributed by atoms with Crippen molar-refractivity contribution < 1.29 is 9.31 Å². The second kappa shape index (κ2) is 5.33. The molecule has 0 bridgehead atoms. The van der Waals surface area contributed by atoms with Crippen molar-refractivity contribution >= 4 is 40.4 Å². The van der Waals surface area contributed by atoms with Gasteiger partial charge in [0, 0.05) is 0 Å². The number of benzene rings is 1. The summed E-state index contributed by atoms with van der Waals surface area (Å²) in [4.78, 5) is 17.3. The summed E-state index contributed by atoms with van der Waals surface area (Å²) < 4.78 is 13.1. The molecule has 9 heteroatoms. The summed E-state index contributed by atoms with van der Waals surface area (Å²) in [5.41, 5.74) is -0.260. The van der Waals surface area contributed by atoms with Crippen LogP contribution in [-0.4, -0.2) is 14.9 Å². The summed E-state index contributed by atoms with van der Waals surface area (Å²) in [6, 6.07) is 3.56. The van der Waals surface area contributed by atoms with Crippen LogP contribution in [-0.2, 0) is 0 Å². The molecule has 1 aromatic carbocycles. The van der Waals surface area contributed by atoms with Gasteiger partial charge in [0.1, 0.15) is 12.0 Å². The van der Waals surface area contributed by atoms with Crippen molar-refractivity contribution in [2.45, 2.75) is 0 Å². The summed E-state index contributed by atoms with van der Waals surface area (Å²) in [6.07, 6.45) is 0.949. The van der Waals surface area contributed by atoms with E-state index in [1.165, 1.54) is 6.07 Å². The Balaban J connectivity index is 2.45. The molecule has 19 heavy (non-hydrogen) atoms. The Morgan fingerprint density at radius 2 is 2.11 bits per heavy atom. The van der Waals surface area contributed by atoms with Crippen LogP contribution in [0.1, 0.15) is 0 Å². The molecule has 0 unspecified atom stereocenters. The zero-order valence-electron chi connectivity index (χ0n) is 9.10. The maximum atomic E-state index is 13.1. The first-order chi connectivity index (χ1) is 8.97. The molecule has 0 spiro atoms. The van der Waals surface area contributed by atoms with Gasteiger partial charge in [0.2, 0.25) is 11.1 Å². The number of aromatic nitrogens is 2. The SMILES string of the molecule is O=[N+]([O-])c1cnc(Cl)nc1Nc1cc(F)ccc1Cl. The molecule has 1 N–H and O–H groups in total. The van der Waals surface area contributed by atoms with Crippen LogP contribution < -0.4 is 5.32 Å². The number of nitrogens with zero attached hydrogens (tertiary/aromatic N) is 3. The average Bonchev–Trinajstić information content (AvgIpc) is 2.33. The second-order valence-corrected chi connectivity index (χ2v) is 4.12. The van der Waals surface area contributed by atoms with Crippen molar-refractivity contribution in [2.24, 2.45) is 0 Å². The fraction of sp³-hybridized carbons (Fsp3) is 0. The number of rotatable bonds is 3. The van der Waals surface area contributed by atoms with Gasteiger partial charge in [-0.05, 0) is 29.8 Å². The predicted octanol–water partition coefficient (Wildman–Crippen LogP) is 3.57. The molecule has 0 saturated carbocycles. The van der Waals surface area contributed by atoms with Gasteiger partial charge in [-0.15, -0.1) is 0 Å². The molecule has 0 atom stereocenters. The van der Waals surface area contributed by atoms with Gasteiger partial charge in [-0.3, -0.25) is 10.1 Å². The monoisotopic (exact) mass is 302 g/mol. The highest BCUT2D eigenvalue weighted by Crippen LogP contribution is 2.30. The summed E-state index contributed by atoms with van der Waals surface area (Å²) in [6.45, 7) is 0. The minimum absolute atomic E-state index is 0.138. The standard InChI is InChI=1S/C10H5Cl2FN4O2/c11-6-2-1-5(13)3-7(6)15-9-8(17(18)19)4-14-10(12)16-9/h1-4H,(H,14,15,16). The molecule has 0 saturated heterocycles. The van der Waals surface area contributed by atoms with Crippen LogP contribution in [0, 0.1) is 15.9 Å². The Morgan fingerprint density at radius 1 is 1.37 bits per heavy atom. The van der Waals surface area contributed by atoms with Crippen LogP contribution in [0.5, 0.6) is 0 Å². The van der Waals surface area contributed by atoms with Gasteiger partial charge in [0.05, 0.1) is 15.6 Å². The Morgan fingerprint density at radius 3 is 2.79 bits per heavy atom. The molecule has 0 aliphatic heterocycles. The van der Waals surface area contributed by atoms with Crippen LogP contribution in [0.4, 0.5) is 21.6 Å². The molecule has 0 aliphatic carbocycles. The molecule has 2 aromatic rings. The van der Waals surface area contributed by atoms with E-state index in [1.807, 2.05) is 0 Å². The minimum Gasteiger partial charge on any atom is -0.333 e. The Labute approximate surface area is 116 Å². The van der Waals surface area contributed by atoms with Crippen LogP contribution in [0.3, 0.4) is 0 Å². The van der Waals surface area contributed by atoms with Crippen molar-refractivity contribution in [3.63, 3.8) is 0 Å². The normalized spacial score (nSPS) is 10.3. The number of anilines is 2. The van der Waals surface area contributed by atoms with E-state index in [2.05, 4.69) is 15.3 Å². The van der Waals surface area contributed by atoms with Crippen molar-refractivity contribution in [1.82, 2.24) is 9.97 Å². The topological polar surface area (TPSA) is 81.0 Å². The molecule has 0 radical (unpaired) electrons. The molecule has 0 fully saturated rings. The minimum atomic E-state index is -0.689. The third-order valence-electron chi connectivity index (χ3n) is 2.12. The largest absolute Gasteiger partial charge is 0.333 e. The lowest BCUT2D eigenvalue weighted by Gasteiger charge is -2.07. The van der Waals surface area contributed by atoms with Crippen molar-refractivity contribution in [2.75, 3.05) is 5.32 Å². The van der Waals surface area contributed by atoms with Crippen molar-refractivity contribution in [3.8, 4) is 0 Å². The lowest BCUT2D eigenvalue weighted by molar-refractivity contribution is -0.384. The molecule has 1 heterocycles. The van der Waals surface area contributed by atoms with Gasteiger partial charge >= 0.3 is 5.69 Å². The van der Waals surface area contributed by atoms with Gasteiger partial charge < -0.3 is 5.32 Å². The fourth-order valence-corrected chi connectivity index (χ4v) is 1.60. The highest BCUT2D eigenvalue weighted by atomic mass is 35.5. The van der Waals surface area contributed by atoms with Crippen LogP contribution in [0.25, 0.3) is 0 Å². The average molecular weight is 303 g/mol. The molecule has 1 aromatic heterocycles. The third-order valence-corrected chi connectivity index (χ3v) is 2.63. The predicted molar refractivity (Wildman–Crippen MR) is 68.4 cm³/mol. The smallest absolute Gasteiger partial charge is 0.329 e. The van der Waals surface area contributed by atoms with E-state index in [0.717, 1.165) is 18.3 Å². The van der Waals surface area contributed by atoms with E-state index in [9.17, 15) is 14.5 Å². The van der Waals surface area contributed by atoms with E-state index < -0.39 is 16.4 Å². The van der Waals surface area contributed by atoms with Gasteiger partial charge in [0.25, 0.3) is 0 Å². The zero-order valence-corrected chi connectivity index (χ0v) is 10.6. The lowest BCUT2D eigenvalue weighted by atomic mass is 10.3.